The molecule has 0 aromatic carbocycles. The maximum Gasteiger partial charge on any atom is 0.307 e. The molecule has 0 aliphatic rings. The molecule has 0 fully saturated rings. The van der Waals surface area contributed by atoms with E-state index in [9.17, 15) is 9.59 Å². The van der Waals surface area contributed by atoms with Crippen LogP contribution in [0.1, 0.15) is 48.2 Å². The fraction of sp³-hybridized carbons (Fsp3) is 0.400. The van der Waals surface area contributed by atoms with E-state index >= 15 is 0 Å². The quantitative estimate of drug-likeness (QED) is 0.655. The molecule has 3 heterocycles. The van der Waals surface area contributed by atoms with Crippen LogP contribution >= 0.6 is 0 Å². The van der Waals surface area contributed by atoms with Gasteiger partial charge in [-0.3, -0.25) is 9.59 Å². The first-order chi connectivity index (χ1) is 13.3. The highest BCUT2D eigenvalue weighted by Gasteiger charge is 2.20. The van der Waals surface area contributed by atoms with Crippen molar-refractivity contribution in [3.05, 3.63) is 35.4 Å². The van der Waals surface area contributed by atoms with Gasteiger partial charge in [-0.05, 0) is 39.8 Å². The number of aryl methyl sites for hydroxylation is 2. The molecule has 0 spiro atoms. The molecule has 0 bridgehead atoms. The lowest BCUT2D eigenvalue weighted by molar-refractivity contribution is -0.140. The van der Waals surface area contributed by atoms with Crippen molar-refractivity contribution in [2.75, 3.05) is 13.7 Å². The van der Waals surface area contributed by atoms with E-state index in [1.165, 1.54) is 7.11 Å². The maximum atomic E-state index is 12.8. The summed E-state index contributed by atoms with van der Waals surface area (Å²) < 4.78 is 12.0. The van der Waals surface area contributed by atoms with Crippen LogP contribution in [0.2, 0.25) is 0 Å². The Morgan fingerprint density at radius 2 is 2.04 bits per heavy atom. The molecule has 148 valence electrons. The van der Waals surface area contributed by atoms with Crippen LogP contribution < -0.4 is 5.32 Å². The molecule has 3 aromatic heterocycles. The summed E-state index contributed by atoms with van der Waals surface area (Å²) in [6.45, 7) is 7.93. The van der Waals surface area contributed by atoms with Gasteiger partial charge in [0.05, 0.1) is 36.4 Å². The predicted octanol–water partition coefficient (Wildman–Crippen LogP) is 3.18. The Morgan fingerprint density at radius 1 is 1.29 bits per heavy atom. The maximum absolute atomic E-state index is 12.8. The van der Waals surface area contributed by atoms with Crippen LogP contribution in [-0.2, 0) is 9.53 Å². The first-order valence-corrected chi connectivity index (χ1v) is 9.12. The van der Waals surface area contributed by atoms with E-state index in [1.807, 2.05) is 33.8 Å². The molecule has 3 aromatic rings. The summed E-state index contributed by atoms with van der Waals surface area (Å²) in [5.41, 5.74) is 2.56. The summed E-state index contributed by atoms with van der Waals surface area (Å²) in [6.07, 6.45) is 1.75. The Morgan fingerprint density at radius 3 is 2.64 bits per heavy atom. The Labute approximate surface area is 162 Å². The molecule has 8 nitrogen and oxygen atoms in total. The number of pyridine rings is 1. The molecule has 8 heteroatoms. The van der Waals surface area contributed by atoms with Crippen LogP contribution in [0.25, 0.3) is 22.3 Å². The van der Waals surface area contributed by atoms with Gasteiger partial charge in [0.1, 0.15) is 11.5 Å². The number of hydrogen-bond donors (Lipinski definition) is 1. The Balaban J connectivity index is 2.06. The van der Waals surface area contributed by atoms with Gasteiger partial charge in [-0.1, -0.05) is 0 Å². The van der Waals surface area contributed by atoms with Gasteiger partial charge in [0.2, 0.25) is 0 Å². The molecule has 3 rings (SSSR count). The molecule has 1 N–H and O–H groups in total. The lowest BCUT2D eigenvalue weighted by atomic mass is 10.1. The largest absolute Gasteiger partial charge is 0.469 e. The molecule has 28 heavy (non-hydrogen) atoms. The van der Waals surface area contributed by atoms with Crippen molar-refractivity contribution in [3.63, 3.8) is 0 Å². The summed E-state index contributed by atoms with van der Waals surface area (Å²) in [4.78, 5) is 28.9. The number of esters is 1. The van der Waals surface area contributed by atoms with E-state index in [0.29, 0.717) is 22.3 Å². The van der Waals surface area contributed by atoms with Crippen LogP contribution in [0.4, 0.5) is 0 Å². The number of nitrogens with zero attached hydrogens (tertiary/aromatic N) is 3. The zero-order valence-corrected chi connectivity index (χ0v) is 16.7. The molecular formula is C20H24N4O4. The standard InChI is InChI=1S/C20H24N4O4/c1-11(2)24-19-16(10-22-24)15(20(26)21-7-6-18(25)27-5)9-17(23-19)14-8-12(3)28-13(14)4/h8-11H,6-7H2,1-5H3,(H,21,26). The van der Waals surface area contributed by atoms with E-state index in [-0.39, 0.29) is 30.9 Å². The smallest absolute Gasteiger partial charge is 0.307 e. The summed E-state index contributed by atoms with van der Waals surface area (Å²) >= 11 is 0. The predicted molar refractivity (Wildman–Crippen MR) is 104 cm³/mol. The fourth-order valence-electron chi connectivity index (χ4n) is 3.08. The van der Waals surface area contributed by atoms with Gasteiger partial charge in [0.15, 0.2) is 5.65 Å². The van der Waals surface area contributed by atoms with E-state index in [1.54, 1.807) is 16.9 Å². The third-order valence-corrected chi connectivity index (χ3v) is 4.46. The third-order valence-electron chi connectivity index (χ3n) is 4.46. The average Bonchev–Trinajstić information content (AvgIpc) is 3.23. The molecule has 0 saturated carbocycles. The molecular weight excluding hydrogens is 360 g/mol. The highest BCUT2D eigenvalue weighted by molar-refractivity contribution is 6.06. The third kappa shape index (κ3) is 3.76. The Hall–Kier alpha value is -3.16. The minimum Gasteiger partial charge on any atom is -0.469 e. The first kappa shape index (κ1) is 19.6. The lowest BCUT2D eigenvalue weighted by Gasteiger charge is -2.10. The number of hydrogen-bond acceptors (Lipinski definition) is 6. The van der Waals surface area contributed by atoms with Gasteiger partial charge in [0.25, 0.3) is 5.91 Å². The van der Waals surface area contributed by atoms with Crippen LogP contribution in [0.5, 0.6) is 0 Å². The number of amides is 1. The second-order valence-electron chi connectivity index (χ2n) is 6.88. The van der Waals surface area contributed by atoms with Gasteiger partial charge in [-0.15, -0.1) is 0 Å². The van der Waals surface area contributed by atoms with Crippen molar-refractivity contribution in [1.82, 2.24) is 20.1 Å². The fourth-order valence-corrected chi connectivity index (χ4v) is 3.08. The van der Waals surface area contributed by atoms with Crippen LogP contribution in [-0.4, -0.2) is 40.3 Å². The number of carbonyl (C=O) groups is 2. The molecule has 0 aliphatic heterocycles. The van der Waals surface area contributed by atoms with Crippen molar-refractivity contribution >= 4 is 22.9 Å². The average molecular weight is 384 g/mol. The second-order valence-corrected chi connectivity index (χ2v) is 6.88. The number of carbonyl (C=O) groups excluding carboxylic acids is 2. The molecule has 0 unspecified atom stereocenters. The van der Waals surface area contributed by atoms with Crippen molar-refractivity contribution in [1.29, 1.82) is 0 Å². The van der Waals surface area contributed by atoms with E-state index in [0.717, 1.165) is 17.1 Å². The van der Waals surface area contributed by atoms with Gasteiger partial charge in [-0.25, -0.2) is 9.67 Å². The number of ether oxygens (including phenoxy) is 1. The number of fused-ring (bicyclic) bond motifs is 1. The summed E-state index contributed by atoms with van der Waals surface area (Å²) in [6, 6.07) is 3.72. The molecule has 0 aliphatic carbocycles. The molecule has 0 saturated heterocycles. The monoisotopic (exact) mass is 384 g/mol. The molecule has 0 radical (unpaired) electrons. The number of aromatic nitrogens is 3. The van der Waals surface area contributed by atoms with E-state index in [4.69, 9.17) is 9.40 Å². The van der Waals surface area contributed by atoms with Crippen LogP contribution in [0, 0.1) is 13.8 Å². The number of furan rings is 1. The van der Waals surface area contributed by atoms with E-state index < -0.39 is 0 Å². The minimum absolute atomic E-state index is 0.0858. The zero-order valence-electron chi connectivity index (χ0n) is 16.7. The summed E-state index contributed by atoms with van der Waals surface area (Å²) in [5.74, 6) is 0.838. The van der Waals surface area contributed by atoms with Gasteiger partial charge < -0.3 is 14.5 Å². The number of nitrogens with one attached hydrogen (secondary N) is 1. The summed E-state index contributed by atoms with van der Waals surface area (Å²) in [7, 11) is 1.32. The highest BCUT2D eigenvalue weighted by Crippen LogP contribution is 2.30. The van der Waals surface area contributed by atoms with Crippen molar-refractivity contribution in [2.24, 2.45) is 0 Å². The Bertz CT molecular complexity index is 1030. The van der Waals surface area contributed by atoms with E-state index in [2.05, 4.69) is 15.2 Å². The highest BCUT2D eigenvalue weighted by atomic mass is 16.5. The van der Waals surface area contributed by atoms with Crippen molar-refractivity contribution in [2.45, 2.75) is 40.2 Å². The van der Waals surface area contributed by atoms with Crippen molar-refractivity contribution in [3.8, 4) is 11.3 Å². The Kier molecular flexibility index (Phi) is 5.48. The molecule has 1 amide bonds. The number of methoxy groups -OCH3 is 1. The first-order valence-electron chi connectivity index (χ1n) is 9.12. The normalized spacial score (nSPS) is 11.2. The van der Waals surface area contributed by atoms with Crippen molar-refractivity contribution < 1.29 is 18.7 Å². The second kappa shape index (κ2) is 7.84. The lowest BCUT2D eigenvalue weighted by Crippen LogP contribution is -2.26. The topological polar surface area (TPSA) is 99.2 Å². The van der Waals surface area contributed by atoms with Crippen LogP contribution in [0.3, 0.4) is 0 Å². The summed E-state index contributed by atoms with van der Waals surface area (Å²) in [5, 5.41) is 7.82. The van der Waals surface area contributed by atoms with Gasteiger partial charge in [0, 0.05) is 18.2 Å². The number of rotatable bonds is 6. The molecule has 0 atom stereocenters. The van der Waals surface area contributed by atoms with Crippen LogP contribution in [0.15, 0.2) is 22.7 Å². The SMILES string of the molecule is COC(=O)CCNC(=O)c1cc(-c2cc(C)oc2C)nc2c1cnn2C(C)C. The minimum atomic E-state index is -0.377. The van der Waals surface area contributed by atoms with Gasteiger partial charge in [-0.2, -0.15) is 5.10 Å². The zero-order chi connectivity index (χ0) is 20.4. The van der Waals surface area contributed by atoms with Gasteiger partial charge >= 0.3 is 5.97 Å².